The molecule has 21 heavy (non-hydrogen) atoms. The standard InChI is InChI=1S/C8H5ClF6N2O3S/c9-21(18,19)6-5(7(10,11)12)3(1-16)4(2-17-6)20-8(13,14)15/h2H,1,16H2. The lowest BCUT2D eigenvalue weighted by molar-refractivity contribution is -0.275. The Kier molecular flexibility index (Phi) is 4.65. The van der Waals surface area contributed by atoms with Crippen LogP contribution in [0.3, 0.4) is 0 Å². The lowest BCUT2D eigenvalue weighted by atomic mass is 10.1. The first-order valence-corrected chi connectivity index (χ1v) is 7.08. The van der Waals surface area contributed by atoms with Gasteiger partial charge in [0.2, 0.25) is 0 Å². The van der Waals surface area contributed by atoms with Crippen LogP contribution in [-0.2, 0) is 21.8 Å². The predicted octanol–water partition coefficient (Wildman–Crippen LogP) is 2.39. The third kappa shape index (κ3) is 4.35. The van der Waals surface area contributed by atoms with Gasteiger partial charge >= 0.3 is 12.5 Å². The zero-order valence-corrected chi connectivity index (χ0v) is 11.2. The maximum atomic E-state index is 12.9. The molecule has 1 rings (SSSR count). The fourth-order valence-electron chi connectivity index (χ4n) is 1.40. The van der Waals surface area contributed by atoms with Crippen molar-refractivity contribution >= 4 is 19.7 Å². The molecule has 1 aromatic rings. The van der Waals surface area contributed by atoms with Crippen LogP contribution in [0.25, 0.3) is 0 Å². The van der Waals surface area contributed by atoms with Crippen molar-refractivity contribution in [1.82, 2.24) is 4.98 Å². The Morgan fingerprint density at radius 2 is 1.76 bits per heavy atom. The minimum absolute atomic E-state index is 0.153. The maximum Gasteiger partial charge on any atom is 0.573 e. The van der Waals surface area contributed by atoms with Gasteiger partial charge in [0.25, 0.3) is 9.05 Å². The number of halogens is 7. The van der Waals surface area contributed by atoms with Gasteiger partial charge in [0.1, 0.15) is 5.56 Å². The lowest BCUT2D eigenvalue weighted by Gasteiger charge is -2.18. The molecule has 2 N–H and O–H groups in total. The minimum Gasteiger partial charge on any atom is -0.404 e. The monoisotopic (exact) mass is 358 g/mol. The molecule has 0 radical (unpaired) electrons. The zero-order chi connectivity index (χ0) is 16.6. The van der Waals surface area contributed by atoms with Crippen molar-refractivity contribution in [2.75, 3.05) is 0 Å². The average molecular weight is 359 g/mol. The SMILES string of the molecule is NCc1c(OC(F)(F)F)cnc(S(=O)(=O)Cl)c1C(F)(F)F. The van der Waals surface area contributed by atoms with Crippen LogP contribution in [0.1, 0.15) is 11.1 Å². The Morgan fingerprint density at radius 3 is 2.10 bits per heavy atom. The number of aromatic nitrogens is 1. The molecule has 13 heteroatoms. The van der Waals surface area contributed by atoms with Gasteiger partial charge in [-0.2, -0.15) is 13.2 Å². The summed E-state index contributed by atoms with van der Waals surface area (Å²) in [7, 11) is -0.171. The summed E-state index contributed by atoms with van der Waals surface area (Å²) < 4.78 is 100. The van der Waals surface area contributed by atoms with Crippen molar-refractivity contribution in [3.05, 3.63) is 17.3 Å². The maximum absolute atomic E-state index is 12.9. The molecule has 1 heterocycles. The summed E-state index contributed by atoms with van der Waals surface area (Å²) in [5, 5.41) is -1.65. The van der Waals surface area contributed by atoms with Crippen molar-refractivity contribution in [2.45, 2.75) is 24.1 Å². The highest BCUT2D eigenvalue weighted by molar-refractivity contribution is 8.13. The van der Waals surface area contributed by atoms with Crippen molar-refractivity contribution in [3.8, 4) is 5.75 Å². The molecule has 0 aliphatic rings. The molecule has 0 saturated carbocycles. The van der Waals surface area contributed by atoms with E-state index < -0.39 is 50.0 Å². The number of rotatable bonds is 3. The van der Waals surface area contributed by atoms with Gasteiger partial charge in [-0.05, 0) is 0 Å². The minimum atomic E-state index is -5.36. The third-order valence-corrected chi connectivity index (χ3v) is 3.27. The molecule has 0 aliphatic carbocycles. The van der Waals surface area contributed by atoms with Crippen LogP contribution in [0.2, 0.25) is 0 Å². The molecule has 120 valence electrons. The molecule has 0 amide bonds. The van der Waals surface area contributed by atoms with Gasteiger partial charge in [0.15, 0.2) is 10.8 Å². The Hall–Kier alpha value is -1.27. The second kappa shape index (κ2) is 5.50. The van der Waals surface area contributed by atoms with Crippen molar-refractivity contribution in [1.29, 1.82) is 0 Å². The number of ether oxygens (including phenoxy) is 1. The van der Waals surface area contributed by atoms with E-state index in [0.29, 0.717) is 0 Å². The quantitative estimate of drug-likeness (QED) is 0.662. The topological polar surface area (TPSA) is 82.3 Å². The van der Waals surface area contributed by atoms with E-state index in [1.165, 1.54) is 0 Å². The van der Waals surface area contributed by atoms with E-state index in [4.69, 9.17) is 16.4 Å². The molecule has 0 spiro atoms. The number of nitrogens with zero attached hydrogens (tertiary/aromatic N) is 1. The summed E-state index contributed by atoms with van der Waals surface area (Å²) in [4.78, 5) is 2.79. The highest BCUT2D eigenvalue weighted by Gasteiger charge is 2.43. The van der Waals surface area contributed by atoms with Crippen LogP contribution >= 0.6 is 10.7 Å². The first kappa shape index (κ1) is 17.8. The van der Waals surface area contributed by atoms with Gasteiger partial charge in [0, 0.05) is 22.8 Å². The van der Waals surface area contributed by atoms with Crippen LogP contribution in [-0.4, -0.2) is 19.8 Å². The van der Waals surface area contributed by atoms with Gasteiger partial charge in [-0.25, -0.2) is 13.4 Å². The van der Waals surface area contributed by atoms with Crippen LogP contribution in [0.4, 0.5) is 26.3 Å². The first-order chi connectivity index (χ1) is 9.27. The number of hydrogen-bond donors (Lipinski definition) is 1. The van der Waals surface area contributed by atoms with E-state index in [0.717, 1.165) is 0 Å². The molecule has 0 aromatic carbocycles. The van der Waals surface area contributed by atoms with E-state index >= 15 is 0 Å². The van der Waals surface area contributed by atoms with E-state index in [1.54, 1.807) is 0 Å². The lowest BCUT2D eigenvalue weighted by Crippen LogP contribution is -2.23. The summed E-state index contributed by atoms with van der Waals surface area (Å²) >= 11 is 0. The largest absolute Gasteiger partial charge is 0.573 e. The molecular formula is C8H5ClF6N2O3S. The van der Waals surface area contributed by atoms with E-state index in [-0.39, 0.29) is 6.20 Å². The normalized spacial score (nSPS) is 13.3. The van der Waals surface area contributed by atoms with Crippen molar-refractivity contribution in [3.63, 3.8) is 0 Å². The second-order valence-corrected chi connectivity index (χ2v) is 5.95. The van der Waals surface area contributed by atoms with Gasteiger partial charge < -0.3 is 10.5 Å². The third-order valence-electron chi connectivity index (χ3n) is 2.06. The molecule has 0 fully saturated rings. The first-order valence-electron chi connectivity index (χ1n) is 4.77. The van der Waals surface area contributed by atoms with Crippen molar-refractivity contribution in [2.24, 2.45) is 5.73 Å². The number of nitrogens with two attached hydrogens (primary N) is 1. The summed E-state index contributed by atoms with van der Waals surface area (Å²) in [6, 6.07) is 0. The van der Waals surface area contributed by atoms with Crippen LogP contribution in [0.5, 0.6) is 5.75 Å². The number of alkyl halides is 6. The van der Waals surface area contributed by atoms with Gasteiger partial charge in [-0.1, -0.05) is 0 Å². The summed E-state index contributed by atoms with van der Waals surface area (Å²) in [5.41, 5.74) is 1.74. The van der Waals surface area contributed by atoms with Crippen LogP contribution in [0.15, 0.2) is 11.2 Å². The molecular weight excluding hydrogens is 354 g/mol. The number of pyridine rings is 1. The Bertz CT molecular complexity index is 643. The summed E-state index contributed by atoms with van der Waals surface area (Å²) in [5.74, 6) is -1.36. The highest BCUT2D eigenvalue weighted by Crippen LogP contribution is 2.41. The average Bonchev–Trinajstić information content (AvgIpc) is 2.23. The zero-order valence-electron chi connectivity index (χ0n) is 9.59. The van der Waals surface area contributed by atoms with Crippen molar-refractivity contribution < 1.29 is 39.5 Å². The van der Waals surface area contributed by atoms with Gasteiger partial charge in [-0.15, -0.1) is 13.2 Å². The Balaban J connectivity index is 3.71. The number of hydrogen-bond acceptors (Lipinski definition) is 5. The molecule has 0 aliphatic heterocycles. The highest BCUT2D eigenvalue weighted by atomic mass is 35.7. The molecule has 0 unspecified atom stereocenters. The van der Waals surface area contributed by atoms with Crippen LogP contribution < -0.4 is 10.5 Å². The smallest absolute Gasteiger partial charge is 0.404 e. The Labute approximate surface area is 118 Å². The molecule has 5 nitrogen and oxygen atoms in total. The van der Waals surface area contributed by atoms with E-state index in [9.17, 15) is 34.8 Å². The fraction of sp³-hybridized carbons (Fsp3) is 0.375. The van der Waals surface area contributed by atoms with Crippen LogP contribution in [0, 0.1) is 0 Å². The van der Waals surface area contributed by atoms with Gasteiger partial charge in [0.05, 0.1) is 6.20 Å². The molecule has 0 saturated heterocycles. The summed E-state index contributed by atoms with van der Waals surface area (Å²) in [6.45, 7) is -1.08. The summed E-state index contributed by atoms with van der Waals surface area (Å²) in [6.07, 6.45) is -10.5. The molecule has 0 atom stereocenters. The Morgan fingerprint density at radius 1 is 1.24 bits per heavy atom. The molecule has 0 bridgehead atoms. The molecule has 1 aromatic heterocycles. The van der Waals surface area contributed by atoms with Gasteiger partial charge in [-0.3, -0.25) is 0 Å². The second-order valence-electron chi connectivity index (χ2n) is 3.47. The fourth-order valence-corrected chi connectivity index (χ4v) is 2.42. The van der Waals surface area contributed by atoms with E-state index in [1.807, 2.05) is 0 Å². The van der Waals surface area contributed by atoms with E-state index in [2.05, 4.69) is 9.72 Å². The predicted molar refractivity (Wildman–Crippen MR) is 56.9 cm³/mol.